The minimum atomic E-state index is 0.680. The summed E-state index contributed by atoms with van der Waals surface area (Å²) in [5.74, 6) is 2.75. The topological polar surface area (TPSA) is 29.0 Å². The molecule has 3 heteroatoms. The Morgan fingerprint density at radius 3 is 2.29 bits per heavy atom. The molecule has 0 N–H and O–H groups in total. The van der Waals surface area contributed by atoms with E-state index in [4.69, 9.17) is 0 Å². The maximum absolute atomic E-state index is 4.67. The number of hydrogen-bond acceptors (Lipinski definition) is 3. The number of piperidine rings is 1. The zero-order valence-electron chi connectivity index (χ0n) is 13.8. The van der Waals surface area contributed by atoms with Crippen LogP contribution in [0.15, 0.2) is 12.4 Å². The fourth-order valence-corrected chi connectivity index (χ4v) is 4.24. The second kappa shape index (κ2) is 6.33. The van der Waals surface area contributed by atoms with Crippen molar-refractivity contribution in [3.8, 4) is 0 Å². The van der Waals surface area contributed by atoms with Gasteiger partial charge in [0, 0.05) is 24.5 Å². The molecule has 116 valence electrons. The number of anilines is 1. The molecule has 3 atom stereocenters. The largest absolute Gasteiger partial charge is 0.335 e. The van der Waals surface area contributed by atoms with Crippen molar-refractivity contribution in [3.05, 3.63) is 18.0 Å². The van der Waals surface area contributed by atoms with Crippen molar-refractivity contribution in [2.75, 3.05) is 4.90 Å². The summed E-state index contributed by atoms with van der Waals surface area (Å²) in [6, 6.07) is 1.36. The Balaban J connectivity index is 1.72. The molecule has 1 aromatic rings. The molecule has 0 aromatic carbocycles. The van der Waals surface area contributed by atoms with E-state index in [1.54, 1.807) is 0 Å². The highest BCUT2D eigenvalue weighted by atomic mass is 15.3. The van der Waals surface area contributed by atoms with Crippen molar-refractivity contribution in [3.63, 3.8) is 0 Å². The molecule has 2 bridgehead atoms. The second-order valence-electron chi connectivity index (χ2n) is 7.05. The zero-order valence-corrected chi connectivity index (χ0v) is 13.8. The quantitative estimate of drug-likeness (QED) is 0.812. The monoisotopic (exact) mass is 287 g/mol. The molecule has 0 spiro atoms. The van der Waals surface area contributed by atoms with Crippen molar-refractivity contribution in [2.24, 2.45) is 11.8 Å². The van der Waals surface area contributed by atoms with Crippen molar-refractivity contribution >= 4 is 5.95 Å². The van der Waals surface area contributed by atoms with E-state index in [2.05, 4.69) is 35.6 Å². The molecule has 2 fully saturated rings. The molecule has 2 aliphatic rings. The third-order valence-electron chi connectivity index (χ3n) is 5.68. The summed E-state index contributed by atoms with van der Waals surface area (Å²) in [5.41, 5.74) is 1.27. The van der Waals surface area contributed by atoms with Crippen LogP contribution in [0.25, 0.3) is 0 Å². The van der Waals surface area contributed by atoms with Crippen molar-refractivity contribution in [1.29, 1.82) is 0 Å². The number of fused-ring (bicyclic) bond motifs is 2. The smallest absolute Gasteiger partial charge is 0.225 e. The van der Waals surface area contributed by atoms with Gasteiger partial charge in [0.15, 0.2) is 0 Å². The molecule has 2 saturated heterocycles. The average Bonchev–Trinajstić information content (AvgIpc) is 2.77. The summed E-state index contributed by atoms with van der Waals surface area (Å²) < 4.78 is 0. The molecule has 3 nitrogen and oxygen atoms in total. The first kappa shape index (κ1) is 14.8. The lowest BCUT2D eigenvalue weighted by molar-refractivity contribution is 0.247. The van der Waals surface area contributed by atoms with Crippen molar-refractivity contribution < 1.29 is 0 Å². The van der Waals surface area contributed by atoms with E-state index in [0.29, 0.717) is 12.1 Å². The number of aromatic nitrogens is 2. The van der Waals surface area contributed by atoms with Gasteiger partial charge < -0.3 is 4.90 Å². The molecule has 0 amide bonds. The highest BCUT2D eigenvalue weighted by molar-refractivity contribution is 5.37. The van der Waals surface area contributed by atoms with Crippen LogP contribution in [0.5, 0.6) is 0 Å². The Labute approximate surface area is 129 Å². The fourth-order valence-electron chi connectivity index (χ4n) is 4.24. The lowest BCUT2D eigenvalue weighted by atomic mass is 9.80. The van der Waals surface area contributed by atoms with Gasteiger partial charge in [0.05, 0.1) is 0 Å². The Bertz CT molecular complexity index is 442. The molecule has 21 heavy (non-hydrogen) atoms. The first-order chi connectivity index (χ1) is 10.2. The number of rotatable bonds is 5. The molecule has 3 unspecified atom stereocenters. The van der Waals surface area contributed by atoms with E-state index in [-0.39, 0.29) is 0 Å². The lowest BCUT2D eigenvalue weighted by Crippen LogP contribution is -2.45. The van der Waals surface area contributed by atoms with Gasteiger partial charge in [-0.3, -0.25) is 0 Å². The maximum Gasteiger partial charge on any atom is 0.225 e. The lowest BCUT2D eigenvalue weighted by Gasteiger charge is -2.41. The van der Waals surface area contributed by atoms with Crippen LogP contribution >= 0.6 is 0 Å². The normalized spacial score (nSPS) is 29.7. The molecule has 3 heterocycles. The van der Waals surface area contributed by atoms with E-state index in [1.165, 1.54) is 37.7 Å². The van der Waals surface area contributed by atoms with Gasteiger partial charge in [0.1, 0.15) is 0 Å². The summed E-state index contributed by atoms with van der Waals surface area (Å²) in [6.45, 7) is 6.96. The molecular weight excluding hydrogens is 258 g/mol. The number of aryl methyl sites for hydroxylation is 1. The zero-order chi connectivity index (χ0) is 14.8. The van der Waals surface area contributed by atoms with Gasteiger partial charge in [0.2, 0.25) is 5.95 Å². The van der Waals surface area contributed by atoms with E-state index in [9.17, 15) is 0 Å². The van der Waals surface area contributed by atoms with Gasteiger partial charge in [-0.05, 0) is 49.5 Å². The van der Waals surface area contributed by atoms with Crippen LogP contribution in [-0.4, -0.2) is 22.1 Å². The van der Waals surface area contributed by atoms with Crippen molar-refractivity contribution in [2.45, 2.75) is 77.8 Å². The van der Waals surface area contributed by atoms with Gasteiger partial charge in [0.25, 0.3) is 0 Å². The molecule has 0 aliphatic carbocycles. The number of hydrogen-bond donors (Lipinski definition) is 0. The van der Waals surface area contributed by atoms with Crippen LogP contribution in [-0.2, 0) is 6.42 Å². The Kier molecular flexibility index (Phi) is 4.46. The summed E-state index contributed by atoms with van der Waals surface area (Å²) in [4.78, 5) is 11.9. The van der Waals surface area contributed by atoms with Gasteiger partial charge in [-0.15, -0.1) is 0 Å². The average molecular weight is 287 g/mol. The predicted octanol–water partition coefficient (Wildman–Crippen LogP) is 4.22. The van der Waals surface area contributed by atoms with E-state index >= 15 is 0 Å². The SMILES string of the molecule is CCCc1cnc(N2C3CCC2CC(C(C)CC)C3)nc1. The summed E-state index contributed by atoms with van der Waals surface area (Å²) in [6.07, 6.45) is 13.0. The number of nitrogens with zero attached hydrogens (tertiary/aromatic N) is 3. The Morgan fingerprint density at radius 1 is 1.14 bits per heavy atom. The molecule has 2 aliphatic heterocycles. The first-order valence-electron chi connectivity index (χ1n) is 8.82. The van der Waals surface area contributed by atoms with Crippen LogP contribution in [0.1, 0.15) is 64.9 Å². The van der Waals surface area contributed by atoms with Gasteiger partial charge in [-0.25, -0.2) is 9.97 Å². The van der Waals surface area contributed by atoms with E-state index in [1.807, 2.05) is 12.4 Å². The van der Waals surface area contributed by atoms with Gasteiger partial charge in [-0.2, -0.15) is 0 Å². The molecular formula is C18H29N3. The molecule has 1 aromatic heterocycles. The van der Waals surface area contributed by atoms with Crippen molar-refractivity contribution in [1.82, 2.24) is 9.97 Å². The first-order valence-corrected chi connectivity index (χ1v) is 8.82. The Hall–Kier alpha value is -1.12. The standard InChI is InChI=1S/C18H29N3/c1-4-6-14-11-19-18(20-12-14)21-16-7-8-17(21)10-15(9-16)13(3)5-2/h11-13,15-17H,4-10H2,1-3H3. The van der Waals surface area contributed by atoms with Crippen LogP contribution in [0, 0.1) is 11.8 Å². The van der Waals surface area contributed by atoms with Crippen LogP contribution < -0.4 is 4.90 Å². The third kappa shape index (κ3) is 2.93. The summed E-state index contributed by atoms with van der Waals surface area (Å²) in [7, 11) is 0. The van der Waals surface area contributed by atoms with Crippen LogP contribution in [0.4, 0.5) is 5.95 Å². The highest BCUT2D eigenvalue weighted by Gasteiger charge is 2.42. The predicted molar refractivity (Wildman–Crippen MR) is 87.5 cm³/mol. The van der Waals surface area contributed by atoms with Gasteiger partial charge >= 0.3 is 0 Å². The second-order valence-corrected chi connectivity index (χ2v) is 7.05. The highest BCUT2D eigenvalue weighted by Crippen LogP contribution is 2.43. The Morgan fingerprint density at radius 2 is 1.76 bits per heavy atom. The van der Waals surface area contributed by atoms with Crippen LogP contribution in [0.3, 0.4) is 0 Å². The molecule has 3 rings (SSSR count). The minimum Gasteiger partial charge on any atom is -0.335 e. The van der Waals surface area contributed by atoms with Crippen LogP contribution in [0.2, 0.25) is 0 Å². The fraction of sp³-hybridized carbons (Fsp3) is 0.778. The third-order valence-corrected chi connectivity index (χ3v) is 5.68. The van der Waals surface area contributed by atoms with E-state index in [0.717, 1.165) is 30.6 Å². The minimum absolute atomic E-state index is 0.680. The molecule has 0 radical (unpaired) electrons. The van der Waals surface area contributed by atoms with E-state index < -0.39 is 0 Å². The molecule has 0 saturated carbocycles. The summed E-state index contributed by atoms with van der Waals surface area (Å²) in [5, 5.41) is 0. The van der Waals surface area contributed by atoms with Gasteiger partial charge in [-0.1, -0.05) is 33.6 Å². The summed E-state index contributed by atoms with van der Waals surface area (Å²) >= 11 is 0. The maximum atomic E-state index is 4.67.